The second-order valence-electron chi connectivity index (χ2n) is 6.58. The second kappa shape index (κ2) is 4.24. The van der Waals surface area contributed by atoms with Crippen molar-refractivity contribution in [3.63, 3.8) is 0 Å². The third kappa shape index (κ3) is 1.39. The average molecular weight is 302 g/mol. The Bertz CT molecular complexity index is 1440. The van der Waals surface area contributed by atoms with Gasteiger partial charge in [0.25, 0.3) is 0 Å². The Hall–Kier alpha value is -3.12. The molecule has 24 heavy (non-hydrogen) atoms. The molecule has 110 valence electrons. The maximum absolute atomic E-state index is 2.27. The topological polar surface area (TPSA) is 0 Å². The van der Waals surface area contributed by atoms with Crippen LogP contribution in [0.4, 0.5) is 0 Å². The van der Waals surface area contributed by atoms with E-state index < -0.39 is 0 Å². The standard InChI is InChI=1S/C24H14/c1-2-7-18-15(5-1)11-12-17-14-13-16-6-3-9-20-19-8-4-10-21(19)24(22(17)18)23(16)20/h1-14H. The van der Waals surface area contributed by atoms with Crippen LogP contribution in [0.1, 0.15) is 5.56 Å². The first-order valence-corrected chi connectivity index (χ1v) is 8.39. The lowest BCUT2D eigenvalue weighted by Crippen LogP contribution is -1.99. The van der Waals surface area contributed by atoms with E-state index in [0.29, 0.717) is 0 Å². The monoisotopic (exact) mass is 302 g/mol. The Morgan fingerprint density at radius 1 is 0.542 bits per heavy atom. The number of allylic oxidation sites excluding steroid dienone is 1. The van der Waals surface area contributed by atoms with Crippen LogP contribution in [0.3, 0.4) is 0 Å². The summed E-state index contributed by atoms with van der Waals surface area (Å²) >= 11 is 0. The zero-order valence-corrected chi connectivity index (χ0v) is 13.1. The van der Waals surface area contributed by atoms with Gasteiger partial charge in [-0.1, -0.05) is 85.0 Å². The number of hydrogen-bond acceptors (Lipinski definition) is 0. The predicted molar refractivity (Wildman–Crippen MR) is 103 cm³/mol. The van der Waals surface area contributed by atoms with Gasteiger partial charge in [-0.25, -0.2) is 0 Å². The van der Waals surface area contributed by atoms with Crippen LogP contribution in [0, 0.1) is 10.4 Å². The maximum atomic E-state index is 2.27. The number of hydrogen-bond donors (Lipinski definition) is 0. The fourth-order valence-corrected chi connectivity index (χ4v) is 4.37. The summed E-state index contributed by atoms with van der Waals surface area (Å²) in [5.74, 6) is 0. The van der Waals surface area contributed by atoms with Gasteiger partial charge >= 0.3 is 0 Å². The Morgan fingerprint density at radius 2 is 1.29 bits per heavy atom. The lowest BCUT2D eigenvalue weighted by Gasteiger charge is -2.02. The Labute approximate surface area is 139 Å². The molecule has 0 nitrogen and oxygen atoms in total. The summed E-state index contributed by atoms with van der Waals surface area (Å²) in [7, 11) is 0. The molecule has 3 aromatic carbocycles. The van der Waals surface area contributed by atoms with Crippen LogP contribution in [0.5, 0.6) is 0 Å². The summed E-state index contributed by atoms with van der Waals surface area (Å²) < 4.78 is 0. The van der Waals surface area contributed by atoms with Gasteiger partial charge in [0.2, 0.25) is 0 Å². The Balaban J connectivity index is 2.15. The summed E-state index contributed by atoms with van der Waals surface area (Å²) in [6.45, 7) is 0. The largest absolute Gasteiger partial charge is 0.0616 e. The van der Waals surface area contributed by atoms with E-state index in [9.17, 15) is 0 Å². The van der Waals surface area contributed by atoms with Gasteiger partial charge in [-0.05, 0) is 53.5 Å². The van der Waals surface area contributed by atoms with Gasteiger partial charge < -0.3 is 0 Å². The summed E-state index contributed by atoms with van der Waals surface area (Å²) in [6.07, 6.45) is 6.70. The Morgan fingerprint density at radius 3 is 2.25 bits per heavy atom. The van der Waals surface area contributed by atoms with Crippen molar-refractivity contribution >= 4 is 44.5 Å². The van der Waals surface area contributed by atoms with Gasteiger partial charge in [-0.3, -0.25) is 0 Å². The van der Waals surface area contributed by atoms with Crippen molar-refractivity contribution in [3.05, 3.63) is 94.0 Å². The molecule has 0 saturated carbocycles. The van der Waals surface area contributed by atoms with Crippen LogP contribution < -0.4 is 5.22 Å². The summed E-state index contributed by atoms with van der Waals surface area (Å²) in [6, 6.07) is 24.4. The van der Waals surface area contributed by atoms with Crippen LogP contribution in [-0.2, 0) is 0 Å². The van der Waals surface area contributed by atoms with Crippen molar-refractivity contribution in [3.8, 4) is 0 Å². The van der Waals surface area contributed by atoms with Crippen molar-refractivity contribution in [2.24, 2.45) is 0 Å². The van der Waals surface area contributed by atoms with Gasteiger partial charge in [0.1, 0.15) is 0 Å². The third-order valence-electron chi connectivity index (χ3n) is 5.38. The van der Waals surface area contributed by atoms with Gasteiger partial charge in [-0.2, -0.15) is 0 Å². The van der Waals surface area contributed by atoms with Crippen molar-refractivity contribution in [2.45, 2.75) is 0 Å². The van der Waals surface area contributed by atoms with Crippen molar-refractivity contribution < 1.29 is 0 Å². The molecular formula is C24H14. The van der Waals surface area contributed by atoms with Crippen LogP contribution in [0.15, 0.2) is 72.8 Å². The molecule has 0 bridgehead atoms. The van der Waals surface area contributed by atoms with E-state index in [1.165, 1.54) is 53.5 Å². The van der Waals surface area contributed by atoms with Crippen LogP contribution in [0.25, 0.3) is 44.5 Å². The lowest BCUT2D eigenvalue weighted by atomic mass is 10.0. The molecule has 3 aliphatic carbocycles. The van der Waals surface area contributed by atoms with Crippen molar-refractivity contribution in [2.75, 3.05) is 0 Å². The van der Waals surface area contributed by atoms with Gasteiger partial charge in [0.15, 0.2) is 0 Å². The highest BCUT2D eigenvalue weighted by Crippen LogP contribution is 2.30. The van der Waals surface area contributed by atoms with Gasteiger partial charge in [0, 0.05) is 0 Å². The molecule has 0 heterocycles. The second-order valence-corrected chi connectivity index (χ2v) is 6.58. The van der Waals surface area contributed by atoms with E-state index >= 15 is 0 Å². The lowest BCUT2D eigenvalue weighted by molar-refractivity contribution is 1.66. The normalized spacial score (nSPS) is 13.2. The van der Waals surface area contributed by atoms with E-state index in [1.54, 1.807) is 0 Å². The number of fused-ring (bicyclic) bond motifs is 7. The molecule has 0 radical (unpaired) electrons. The molecule has 6 rings (SSSR count). The molecule has 3 aliphatic rings. The minimum atomic E-state index is 1.30. The van der Waals surface area contributed by atoms with Gasteiger partial charge in [-0.15, -0.1) is 0 Å². The molecule has 3 aromatic rings. The zero-order valence-electron chi connectivity index (χ0n) is 13.1. The highest BCUT2D eigenvalue weighted by Gasteiger charge is 2.13. The minimum absolute atomic E-state index is 1.30. The smallest absolute Gasteiger partial charge is 0.000808 e. The van der Waals surface area contributed by atoms with E-state index in [2.05, 4.69) is 85.0 Å². The summed E-state index contributed by atoms with van der Waals surface area (Å²) in [5, 5.41) is 12.2. The quantitative estimate of drug-likeness (QED) is 0.359. The molecule has 0 spiro atoms. The molecule has 0 aromatic heterocycles. The van der Waals surface area contributed by atoms with Crippen molar-refractivity contribution in [1.82, 2.24) is 0 Å². The van der Waals surface area contributed by atoms with Crippen LogP contribution >= 0.6 is 0 Å². The minimum Gasteiger partial charge on any atom is -0.0616 e. The number of rotatable bonds is 0. The molecule has 0 aliphatic heterocycles. The average Bonchev–Trinajstić information content (AvgIpc) is 3.16. The molecule has 0 unspecified atom stereocenters. The molecule has 0 saturated heterocycles. The number of benzene rings is 3. The fourth-order valence-electron chi connectivity index (χ4n) is 4.37. The van der Waals surface area contributed by atoms with E-state index in [-0.39, 0.29) is 0 Å². The highest BCUT2D eigenvalue weighted by atomic mass is 14.2. The molecule has 0 heteroatoms. The first-order valence-electron chi connectivity index (χ1n) is 8.39. The molecule has 0 fully saturated rings. The molecule has 0 amide bonds. The predicted octanol–water partition coefficient (Wildman–Crippen LogP) is 5.40. The SMILES string of the molecule is C1=Cc2c(c3c4c(ccc5cccc2c5=3)ccc2ccccc24)=C1. The zero-order chi connectivity index (χ0) is 15.7. The highest BCUT2D eigenvalue weighted by molar-refractivity contribution is 6.09. The van der Waals surface area contributed by atoms with Crippen LogP contribution in [0.2, 0.25) is 0 Å². The fraction of sp³-hybridized carbons (Fsp3) is 0. The van der Waals surface area contributed by atoms with Crippen LogP contribution in [-0.4, -0.2) is 0 Å². The first kappa shape index (κ1) is 12.3. The molecular weight excluding hydrogens is 288 g/mol. The van der Waals surface area contributed by atoms with E-state index in [4.69, 9.17) is 0 Å². The summed E-state index contributed by atoms with van der Waals surface area (Å²) in [5.41, 5.74) is 1.37. The Kier molecular flexibility index (Phi) is 2.18. The molecule has 0 N–H and O–H groups in total. The third-order valence-corrected chi connectivity index (χ3v) is 5.38. The molecule has 0 atom stereocenters. The maximum Gasteiger partial charge on any atom is -0.000808 e. The summed E-state index contributed by atoms with van der Waals surface area (Å²) in [4.78, 5) is 0. The van der Waals surface area contributed by atoms with E-state index in [1.807, 2.05) is 0 Å². The van der Waals surface area contributed by atoms with Crippen molar-refractivity contribution in [1.29, 1.82) is 0 Å². The first-order chi connectivity index (χ1) is 11.9. The van der Waals surface area contributed by atoms with Gasteiger partial charge in [0.05, 0.1) is 0 Å². The van der Waals surface area contributed by atoms with E-state index in [0.717, 1.165) is 0 Å².